The summed E-state index contributed by atoms with van der Waals surface area (Å²) >= 11 is 0. The lowest BCUT2D eigenvalue weighted by Crippen LogP contribution is -2.53. The van der Waals surface area contributed by atoms with Crippen molar-refractivity contribution in [2.45, 2.75) is 51.4 Å². The topological polar surface area (TPSA) is 67.6 Å². The first kappa shape index (κ1) is 17.9. The van der Waals surface area contributed by atoms with Crippen LogP contribution in [-0.4, -0.2) is 48.7 Å². The standard InChI is InChI=1S/C18H29N3O2/c1-3-16(20-18(22)11-14(2)19)17-13-21(9-10-23-17)12-15-7-5-4-6-8-15/h4-8,14,16-17H,3,9-13,19H2,1-2H3,(H,20,22). The number of benzene rings is 1. The van der Waals surface area contributed by atoms with Crippen molar-refractivity contribution in [3.63, 3.8) is 0 Å². The zero-order valence-corrected chi connectivity index (χ0v) is 14.2. The van der Waals surface area contributed by atoms with E-state index in [1.807, 2.05) is 13.0 Å². The van der Waals surface area contributed by atoms with E-state index in [0.29, 0.717) is 13.0 Å². The molecule has 3 unspecified atom stereocenters. The molecule has 1 aromatic rings. The third-order valence-corrected chi connectivity index (χ3v) is 4.17. The third-order valence-electron chi connectivity index (χ3n) is 4.17. The number of ether oxygens (including phenoxy) is 1. The Hall–Kier alpha value is -1.43. The molecule has 3 atom stereocenters. The van der Waals surface area contributed by atoms with E-state index in [1.54, 1.807) is 0 Å². The summed E-state index contributed by atoms with van der Waals surface area (Å²) in [7, 11) is 0. The second-order valence-electron chi connectivity index (χ2n) is 6.39. The SMILES string of the molecule is CCC(NC(=O)CC(C)N)C1CN(Cc2ccccc2)CCO1. The van der Waals surface area contributed by atoms with Gasteiger partial charge in [0.25, 0.3) is 0 Å². The molecule has 1 aromatic carbocycles. The van der Waals surface area contributed by atoms with Crippen LogP contribution in [0.5, 0.6) is 0 Å². The summed E-state index contributed by atoms with van der Waals surface area (Å²) in [6.07, 6.45) is 1.25. The van der Waals surface area contributed by atoms with E-state index in [9.17, 15) is 4.79 Å². The van der Waals surface area contributed by atoms with Crippen LogP contribution in [0.15, 0.2) is 30.3 Å². The Kier molecular flexibility index (Phi) is 7.02. The van der Waals surface area contributed by atoms with Crippen LogP contribution in [0.4, 0.5) is 0 Å². The summed E-state index contributed by atoms with van der Waals surface area (Å²) < 4.78 is 5.92. The number of hydrogen-bond donors (Lipinski definition) is 2. The smallest absolute Gasteiger partial charge is 0.221 e. The van der Waals surface area contributed by atoms with Crippen molar-refractivity contribution in [3.8, 4) is 0 Å². The number of rotatable bonds is 7. The molecule has 0 aliphatic carbocycles. The fourth-order valence-electron chi connectivity index (χ4n) is 2.98. The van der Waals surface area contributed by atoms with Crippen molar-refractivity contribution >= 4 is 5.91 Å². The molecule has 0 spiro atoms. The van der Waals surface area contributed by atoms with E-state index in [2.05, 4.69) is 41.4 Å². The number of hydrogen-bond acceptors (Lipinski definition) is 4. The molecule has 128 valence electrons. The quantitative estimate of drug-likeness (QED) is 0.799. The fraction of sp³-hybridized carbons (Fsp3) is 0.611. The Labute approximate surface area is 139 Å². The van der Waals surface area contributed by atoms with Gasteiger partial charge >= 0.3 is 0 Å². The van der Waals surface area contributed by atoms with E-state index in [1.165, 1.54) is 5.56 Å². The predicted octanol–water partition coefficient (Wildman–Crippen LogP) is 1.52. The van der Waals surface area contributed by atoms with Crippen LogP contribution in [0, 0.1) is 0 Å². The molecule has 0 aromatic heterocycles. The van der Waals surface area contributed by atoms with Crippen LogP contribution in [0.1, 0.15) is 32.3 Å². The van der Waals surface area contributed by atoms with Gasteiger partial charge in [0.05, 0.1) is 18.8 Å². The van der Waals surface area contributed by atoms with Gasteiger partial charge in [-0.15, -0.1) is 0 Å². The van der Waals surface area contributed by atoms with Crippen molar-refractivity contribution in [2.24, 2.45) is 5.73 Å². The molecule has 23 heavy (non-hydrogen) atoms. The number of morpholine rings is 1. The number of carbonyl (C=O) groups excluding carboxylic acids is 1. The van der Waals surface area contributed by atoms with Gasteiger partial charge in [-0.2, -0.15) is 0 Å². The molecule has 1 aliphatic rings. The van der Waals surface area contributed by atoms with E-state index >= 15 is 0 Å². The van der Waals surface area contributed by atoms with Gasteiger partial charge in [0.2, 0.25) is 5.91 Å². The molecule has 1 heterocycles. The highest BCUT2D eigenvalue weighted by atomic mass is 16.5. The molecule has 2 rings (SSSR count). The average molecular weight is 319 g/mol. The Morgan fingerprint density at radius 1 is 1.43 bits per heavy atom. The van der Waals surface area contributed by atoms with Crippen LogP contribution in [0.2, 0.25) is 0 Å². The largest absolute Gasteiger partial charge is 0.373 e. The Morgan fingerprint density at radius 3 is 2.83 bits per heavy atom. The minimum absolute atomic E-state index is 0.00985. The average Bonchev–Trinajstić information content (AvgIpc) is 2.53. The number of carbonyl (C=O) groups is 1. The van der Waals surface area contributed by atoms with Crippen LogP contribution < -0.4 is 11.1 Å². The van der Waals surface area contributed by atoms with Gasteiger partial charge in [-0.05, 0) is 18.9 Å². The van der Waals surface area contributed by atoms with Gasteiger partial charge in [0, 0.05) is 32.1 Å². The molecule has 1 amide bonds. The van der Waals surface area contributed by atoms with E-state index in [4.69, 9.17) is 10.5 Å². The summed E-state index contributed by atoms with van der Waals surface area (Å²) in [6, 6.07) is 10.4. The minimum atomic E-state index is -0.116. The van der Waals surface area contributed by atoms with Crippen LogP contribution in [-0.2, 0) is 16.1 Å². The number of nitrogens with one attached hydrogen (secondary N) is 1. The van der Waals surface area contributed by atoms with Gasteiger partial charge in [-0.25, -0.2) is 0 Å². The monoisotopic (exact) mass is 319 g/mol. The number of amides is 1. The fourth-order valence-corrected chi connectivity index (χ4v) is 2.98. The van der Waals surface area contributed by atoms with Gasteiger partial charge < -0.3 is 15.8 Å². The lowest BCUT2D eigenvalue weighted by molar-refractivity contribution is -0.124. The first-order valence-corrected chi connectivity index (χ1v) is 8.51. The van der Waals surface area contributed by atoms with E-state index in [0.717, 1.165) is 26.1 Å². The van der Waals surface area contributed by atoms with Crippen molar-refractivity contribution in [1.29, 1.82) is 0 Å². The zero-order valence-electron chi connectivity index (χ0n) is 14.2. The molecule has 0 bridgehead atoms. The predicted molar refractivity (Wildman–Crippen MR) is 91.9 cm³/mol. The van der Waals surface area contributed by atoms with Crippen LogP contribution >= 0.6 is 0 Å². The maximum atomic E-state index is 12.0. The van der Waals surface area contributed by atoms with Crippen LogP contribution in [0.3, 0.4) is 0 Å². The summed E-state index contributed by atoms with van der Waals surface area (Å²) in [5.41, 5.74) is 7.00. The molecule has 5 nitrogen and oxygen atoms in total. The highest BCUT2D eigenvalue weighted by molar-refractivity contribution is 5.76. The number of nitrogens with zero attached hydrogens (tertiary/aromatic N) is 1. The first-order chi connectivity index (χ1) is 11.1. The van der Waals surface area contributed by atoms with Gasteiger partial charge in [0.15, 0.2) is 0 Å². The van der Waals surface area contributed by atoms with Gasteiger partial charge in [-0.3, -0.25) is 9.69 Å². The molecular weight excluding hydrogens is 290 g/mol. The van der Waals surface area contributed by atoms with E-state index < -0.39 is 0 Å². The maximum Gasteiger partial charge on any atom is 0.221 e. The summed E-state index contributed by atoms with van der Waals surface area (Å²) in [5, 5.41) is 3.08. The maximum absolute atomic E-state index is 12.0. The first-order valence-electron chi connectivity index (χ1n) is 8.51. The van der Waals surface area contributed by atoms with Gasteiger partial charge in [-0.1, -0.05) is 37.3 Å². The molecule has 1 saturated heterocycles. The normalized spacial score (nSPS) is 21.6. The lowest BCUT2D eigenvalue weighted by Gasteiger charge is -2.37. The molecular formula is C18H29N3O2. The van der Waals surface area contributed by atoms with E-state index in [-0.39, 0.29) is 24.1 Å². The highest BCUT2D eigenvalue weighted by Gasteiger charge is 2.28. The second-order valence-corrected chi connectivity index (χ2v) is 6.39. The van der Waals surface area contributed by atoms with Crippen molar-refractivity contribution in [2.75, 3.05) is 19.7 Å². The summed E-state index contributed by atoms with van der Waals surface area (Å²) in [5.74, 6) is 0.00985. The van der Waals surface area contributed by atoms with Crippen molar-refractivity contribution in [1.82, 2.24) is 10.2 Å². The lowest BCUT2D eigenvalue weighted by atomic mass is 10.1. The Balaban J connectivity index is 1.89. The van der Waals surface area contributed by atoms with Gasteiger partial charge in [0.1, 0.15) is 0 Å². The van der Waals surface area contributed by atoms with Crippen molar-refractivity contribution < 1.29 is 9.53 Å². The zero-order chi connectivity index (χ0) is 16.7. The Bertz CT molecular complexity index is 478. The molecule has 5 heteroatoms. The van der Waals surface area contributed by atoms with Crippen LogP contribution in [0.25, 0.3) is 0 Å². The third kappa shape index (κ3) is 5.94. The molecule has 0 saturated carbocycles. The minimum Gasteiger partial charge on any atom is -0.373 e. The summed E-state index contributed by atoms with van der Waals surface area (Å²) in [4.78, 5) is 14.4. The summed E-state index contributed by atoms with van der Waals surface area (Å²) in [6.45, 7) is 7.32. The molecule has 1 fully saturated rings. The second kappa shape index (κ2) is 9.01. The van der Waals surface area contributed by atoms with Crippen molar-refractivity contribution in [3.05, 3.63) is 35.9 Å². The Morgan fingerprint density at radius 2 is 2.17 bits per heavy atom. The molecule has 3 N–H and O–H groups in total. The highest BCUT2D eigenvalue weighted by Crippen LogP contribution is 2.14. The number of nitrogens with two attached hydrogens (primary N) is 1. The molecule has 1 aliphatic heterocycles. The molecule has 0 radical (unpaired) electrons.